The number of halogens is 6. The molecular weight excluding hydrogens is 574 g/mol. The topological polar surface area (TPSA) is 91.9 Å². The minimum Gasteiger partial charge on any atom is -0.368 e. The van der Waals surface area contributed by atoms with Gasteiger partial charge < -0.3 is 20.1 Å². The SMILES string of the molecule is CCN(CC1CCCC1)c1nc2c(C)cn(C)c2cc1CN(Cc1cc(C(F)(F)F)cc(C(F)(F)F)c1)/C(N)=N/N(C)N. The van der Waals surface area contributed by atoms with Crippen LogP contribution in [0.2, 0.25) is 0 Å². The molecular formula is C29H38F6N8. The molecule has 0 bridgehead atoms. The van der Waals surface area contributed by atoms with Crippen molar-refractivity contribution in [3.63, 3.8) is 0 Å². The lowest BCUT2D eigenvalue weighted by molar-refractivity contribution is -0.143. The molecule has 4 rings (SSSR count). The predicted octanol–water partition coefficient (Wildman–Crippen LogP) is 5.97. The Morgan fingerprint density at radius 2 is 1.63 bits per heavy atom. The molecule has 0 aliphatic heterocycles. The quantitative estimate of drug-likeness (QED) is 0.102. The van der Waals surface area contributed by atoms with Crippen molar-refractivity contribution in [2.24, 2.45) is 29.6 Å². The summed E-state index contributed by atoms with van der Waals surface area (Å²) >= 11 is 0. The lowest BCUT2D eigenvalue weighted by Crippen LogP contribution is -2.40. The number of benzene rings is 1. The minimum atomic E-state index is -4.98. The second-order valence-corrected chi connectivity index (χ2v) is 11.3. The highest BCUT2D eigenvalue weighted by molar-refractivity contribution is 5.83. The summed E-state index contributed by atoms with van der Waals surface area (Å²) in [6.45, 7) is 5.04. The van der Waals surface area contributed by atoms with Crippen LogP contribution in [-0.4, -0.2) is 45.7 Å². The monoisotopic (exact) mass is 612 g/mol. The van der Waals surface area contributed by atoms with Crippen LogP contribution in [0, 0.1) is 12.8 Å². The molecule has 1 saturated carbocycles. The second-order valence-electron chi connectivity index (χ2n) is 11.3. The van der Waals surface area contributed by atoms with E-state index in [1.807, 2.05) is 37.7 Å². The molecule has 1 aromatic carbocycles. The van der Waals surface area contributed by atoms with E-state index in [1.165, 1.54) is 24.8 Å². The Kier molecular flexibility index (Phi) is 9.38. The van der Waals surface area contributed by atoms with Gasteiger partial charge >= 0.3 is 12.4 Å². The lowest BCUT2D eigenvalue weighted by Gasteiger charge is -2.30. The summed E-state index contributed by atoms with van der Waals surface area (Å²) in [5.74, 6) is 6.70. The number of fused-ring (bicyclic) bond motifs is 1. The van der Waals surface area contributed by atoms with E-state index >= 15 is 0 Å². The first-order chi connectivity index (χ1) is 20.1. The number of rotatable bonds is 9. The normalized spacial score (nSPS) is 15.0. The Morgan fingerprint density at radius 3 is 2.16 bits per heavy atom. The summed E-state index contributed by atoms with van der Waals surface area (Å²) in [6.07, 6.45) is -3.43. The number of hydrazone groups is 1. The molecule has 1 fully saturated rings. The van der Waals surface area contributed by atoms with Crippen molar-refractivity contribution in [1.82, 2.24) is 19.6 Å². The molecule has 0 unspecified atom stereocenters. The third kappa shape index (κ3) is 7.64. The molecule has 4 N–H and O–H groups in total. The van der Waals surface area contributed by atoms with Crippen LogP contribution in [0.15, 0.2) is 35.6 Å². The maximum absolute atomic E-state index is 13.6. The fourth-order valence-corrected chi connectivity index (χ4v) is 5.75. The molecule has 0 amide bonds. The Hall–Kier alpha value is -3.68. The molecule has 0 atom stereocenters. The van der Waals surface area contributed by atoms with Crippen LogP contribution in [0.25, 0.3) is 11.0 Å². The highest BCUT2D eigenvalue weighted by atomic mass is 19.4. The van der Waals surface area contributed by atoms with Crippen molar-refractivity contribution in [2.75, 3.05) is 25.0 Å². The van der Waals surface area contributed by atoms with E-state index < -0.39 is 30.0 Å². The van der Waals surface area contributed by atoms with E-state index in [1.54, 1.807) is 0 Å². The Bertz CT molecular complexity index is 1420. The van der Waals surface area contributed by atoms with E-state index in [4.69, 9.17) is 16.6 Å². The summed E-state index contributed by atoms with van der Waals surface area (Å²) in [4.78, 5) is 8.64. The number of guanidine groups is 1. The first-order valence-corrected chi connectivity index (χ1v) is 14.1. The number of nitrogens with two attached hydrogens (primary N) is 2. The summed E-state index contributed by atoms with van der Waals surface area (Å²) in [5, 5.41) is 4.95. The fraction of sp³-hybridized carbons (Fsp3) is 0.517. The van der Waals surface area contributed by atoms with Gasteiger partial charge in [-0.3, -0.25) is 0 Å². The first-order valence-electron chi connectivity index (χ1n) is 14.1. The van der Waals surface area contributed by atoms with Crippen LogP contribution in [0.1, 0.15) is 60.4 Å². The number of hydrogen-bond acceptors (Lipinski definition) is 5. The number of hydrogen-bond donors (Lipinski definition) is 2. The lowest BCUT2D eigenvalue weighted by atomic mass is 10.0. The van der Waals surface area contributed by atoms with E-state index in [0.717, 1.165) is 41.1 Å². The average molecular weight is 613 g/mol. The van der Waals surface area contributed by atoms with Crippen LogP contribution < -0.4 is 16.5 Å². The fourth-order valence-electron chi connectivity index (χ4n) is 5.75. The molecule has 0 radical (unpaired) electrons. The van der Waals surface area contributed by atoms with Gasteiger partial charge in [-0.25, -0.2) is 15.9 Å². The Balaban J connectivity index is 1.82. The summed E-state index contributed by atoms with van der Waals surface area (Å²) < 4.78 is 83.6. The van der Waals surface area contributed by atoms with Gasteiger partial charge in [0.15, 0.2) is 0 Å². The Labute approximate surface area is 246 Å². The van der Waals surface area contributed by atoms with Gasteiger partial charge in [-0.2, -0.15) is 26.3 Å². The number of hydrazine groups is 1. The first kappa shape index (κ1) is 32.2. The minimum absolute atomic E-state index is 0.00440. The maximum atomic E-state index is 13.6. The molecule has 43 heavy (non-hydrogen) atoms. The van der Waals surface area contributed by atoms with Crippen LogP contribution in [0.3, 0.4) is 0 Å². The van der Waals surface area contributed by atoms with Crippen molar-refractivity contribution < 1.29 is 26.3 Å². The largest absolute Gasteiger partial charge is 0.416 e. The van der Waals surface area contributed by atoms with Crippen molar-refractivity contribution in [2.45, 2.75) is 65.0 Å². The van der Waals surface area contributed by atoms with E-state index in [-0.39, 0.29) is 24.1 Å². The highest BCUT2D eigenvalue weighted by Crippen LogP contribution is 2.37. The average Bonchev–Trinajstić information content (AvgIpc) is 3.52. The Morgan fingerprint density at radius 1 is 1.02 bits per heavy atom. The molecule has 3 aromatic rings. The zero-order chi connectivity index (χ0) is 31.7. The van der Waals surface area contributed by atoms with Gasteiger partial charge in [0.05, 0.1) is 22.2 Å². The predicted molar refractivity (Wildman–Crippen MR) is 155 cm³/mol. The number of pyridine rings is 1. The second kappa shape index (κ2) is 12.5. The van der Waals surface area contributed by atoms with Crippen LogP contribution >= 0.6 is 0 Å². The van der Waals surface area contributed by atoms with Gasteiger partial charge in [0.25, 0.3) is 0 Å². The van der Waals surface area contributed by atoms with Crippen LogP contribution in [0.5, 0.6) is 0 Å². The maximum Gasteiger partial charge on any atom is 0.416 e. The molecule has 2 aromatic heterocycles. The van der Waals surface area contributed by atoms with E-state index in [2.05, 4.69) is 10.0 Å². The third-order valence-electron chi connectivity index (χ3n) is 7.80. The number of nitrogens with zero attached hydrogens (tertiary/aromatic N) is 6. The summed E-state index contributed by atoms with van der Waals surface area (Å²) in [7, 11) is 3.29. The van der Waals surface area contributed by atoms with Crippen molar-refractivity contribution in [3.8, 4) is 0 Å². The molecule has 8 nitrogen and oxygen atoms in total. The number of aromatic nitrogens is 2. The summed E-state index contributed by atoms with van der Waals surface area (Å²) in [5.41, 5.74) is 6.56. The molecule has 0 spiro atoms. The smallest absolute Gasteiger partial charge is 0.368 e. The van der Waals surface area contributed by atoms with Gasteiger partial charge in [0, 0.05) is 52.0 Å². The molecule has 1 aliphatic rings. The van der Waals surface area contributed by atoms with E-state index in [0.29, 0.717) is 36.0 Å². The van der Waals surface area contributed by atoms with Crippen molar-refractivity contribution in [1.29, 1.82) is 0 Å². The van der Waals surface area contributed by atoms with Gasteiger partial charge in [-0.05, 0) is 68.0 Å². The van der Waals surface area contributed by atoms with Gasteiger partial charge in [0.2, 0.25) is 5.96 Å². The van der Waals surface area contributed by atoms with Crippen LogP contribution in [-0.2, 0) is 32.5 Å². The molecule has 1 aliphatic carbocycles. The third-order valence-corrected chi connectivity index (χ3v) is 7.80. The molecule has 14 heteroatoms. The zero-order valence-electron chi connectivity index (χ0n) is 24.7. The number of alkyl halides is 6. The highest BCUT2D eigenvalue weighted by Gasteiger charge is 2.37. The summed E-state index contributed by atoms with van der Waals surface area (Å²) in [6, 6.07) is 3.45. The van der Waals surface area contributed by atoms with Gasteiger partial charge in [-0.15, -0.1) is 5.10 Å². The molecule has 236 valence electrons. The molecule has 2 heterocycles. The van der Waals surface area contributed by atoms with Crippen LogP contribution in [0.4, 0.5) is 32.2 Å². The standard InChI is InChI=1S/C29H38F6N8/c1-5-42(15-19-8-6-7-9-19)26-21(12-24-25(38-26)18(2)14-40(24)3)17-43(27(36)39-41(4)37)16-20-10-22(28(30,31)32)13-23(11-20)29(33,34)35/h10-14,19H,5-9,15-17,37H2,1-4H3,(H2,36,39). The van der Waals surface area contributed by atoms with Gasteiger partial charge in [0.1, 0.15) is 5.82 Å². The number of aryl methyl sites for hydroxylation is 2. The van der Waals surface area contributed by atoms with E-state index in [9.17, 15) is 26.3 Å². The van der Waals surface area contributed by atoms with Gasteiger partial charge in [-0.1, -0.05) is 12.8 Å². The van der Waals surface area contributed by atoms with Crippen molar-refractivity contribution in [3.05, 3.63) is 58.3 Å². The van der Waals surface area contributed by atoms with Crippen molar-refractivity contribution >= 4 is 22.8 Å². The number of anilines is 1. The molecule has 0 saturated heterocycles. The zero-order valence-corrected chi connectivity index (χ0v) is 24.7.